The minimum Gasteiger partial charge on any atom is -0.334 e. The molecule has 1 aliphatic heterocycles. The van der Waals surface area contributed by atoms with E-state index in [2.05, 4.69) is 21.1 Å². The minimum absolute atomic E-state index is 0.0445. The Morgan fingerprint density at radius 3 is 2.96 bits per heavy atom. The Kier molecular flexibility index (Phi) is 4.52. The van der Waals surface area contributed by atoms with Gasteiger partial charge >= 0.3 is 0 Å². The van der Waals surface area contributed by atoms with Gasteiger partial charge < -0.3 is 9.88 Å². The zero-order chi connectivity index (χ0) is 17.9. The average Bonchev–Trinajstić information content (AvgIpc) is 3.08. The van der Waals surface area contributed by atoms with Crippen LogP contribution in [0.1, 0.15) is 29.9 Å². The highest BCUT2D eigenvalue weighted by molar-refractivity contribution is 5.92. The van der Waals surface area contributed by atoms with Gasteiger partial charge in [-0.1, -0.05) is 18.2 Å². The summed E-state index contributed by atoms with van der Waals surface area (Å²) >= 11 is 0. The first-order valence-electron chi connectivity index (χ1n) is 9.05. The summed E-state index contributed by atoms with van der Waals surface area (Å²) in [7, 11) is 0. The molecule has 0 saturated heterocycles. The fourth-order valence-electron chi connectivity index (χ4n) is 3.30. The van der Waals surface area contributed by atoms with E-state index in [0.29, 0.717) is 6.42 Å². The van der Waals surface area contributed by atoms with Crippen molar-refractivity contribution in [2.45, 2.75) is 39.2 Å². The summed E-state index contributed by atoms with van der Waals surface area (Å²) in [5.41, 5.74) is 4.65. The Morgan fingerprint density at radius 1 is 1.23 bits per heavy atom. The van der Waals surface area contributed by atoms with Crippen molar-refractivity contribution >= 4 is 11.6 Å². The van der Waals surface area contributed by atoms with Gasteiger partial charge in [-0.05, 0) is 43.5 Å². The van der Waals surface area contributed by atoms with Crippen LogP contribution in [-0.2, 0) is 24.2 Å². The van der Waals surface area contributed by atoms with E-state index in [0.717, 1.165) is 47.0 Å². The van der Waals surface area contributed by atoms with Gasteiger partial charge in [-0.3, -0.25) is 9.78 Å². The highest BCUT2D eigenvalue weighted by Crippen LogP contribution is 2.24. The predicted molar refractivity (Wildman–Crippen MR) is 102 cm³/mol. The van der Waals surface area contributed by atoms with Crippen LogP contribution < -0.4 is 5.32 Å². The number of carbonyl (C=O) groups excluding carboxylic acids is 1. The van der Waals surface area contributed by atoms with E-state index < -0.39 is 0 Å². The van der Waals surface area contributed by atoms with Crippen LogP contribution in [0.4, 0.5) is 5.69 Å². The number of nitrogens with one attached hydrogen (secondary N) is 1. The van der Waals surface area contributed by atoms with Crippen molar-refractivity contribution in [1.82, 2.24) is 14.5 Å². The van der Waals surface area contributed by atoms with Gasteiger partial charge in [0.15, 0.2) is 0 Å². The lowest BCUT2D eigenvalue weighted by molar-refractivity contribution is -0.115. The van der Waals surface area contributed by atoms with Gasteiger partial charge in [0.2, 0.25) is 5.91 Å². The van der Waals surface area contributed by atoms with Gasteiger partial charge in [-0.15, -0.1) is 0 Å². The van der Waals surface area contributed by atoms with Gasteiger partial charge in [0.1, 0.15) is 5.82 Å². The Hall–Kier alpha value is -2.95. The summed E-state index contributed by atoms with van der Waals surface area (Å²) in [6.07, 6.45) is 7.65. The molecule has 0 atom stereocenters. The number of benzene rings is 1. The van der Waals surface area contributed by atoms with Crippen molar-refractivity contribution in [3.05, 3.63) is 65.9 Å². The molecule has 5 nitrogen and oxygen atoms in total. The molecule has 3 heterocycles. The van der Waals surface area contributed by atoms with E-state index in [4.69, 9.17) is 4.98 Å². The molecule has 0 fully saturated rings. The molecule has 4 rings (SSSR count). The number of pyridine rings is 1. The second kappa shape index (κ2) is 7.12. The third-order valence-electron chi connectivity index (χ3n) is 4.69. The van der Waals surface area contributed by atoms with Crippen LogP contribution in [0, 0.1) is 6.92 Å². The van der Waals surface area contributed by atoms with Crippen LogP contribution in [0.15, 0.2) is 48.8 Å². The summed E-state index contributed by atoms with van der Waals surface area (Å²) < 4.78 is 2.24. The van der Waals surface area contributed by atoms with Crippen LogP contribution in [0.3, 0.4) is 0 Å². The third-order valence-corrected chi connectivity index (χ3v) is 4.69. The molecule has 0 radical (unpaired) electrons. The van der Waals surface area contributed by atoms with E-state index in [1.54, 1.807) is 6.20 Å². The molecule has 0 aliphatic carbocycles. The van der Waals surface area contributed by atoms with Crippen LogP contribution >= 0.6 is 0 Å². The monoisotopic (exact) mass is 346 g/mol. The number of hydrogen-bond acceptors (Lipinski definition) is 3. The molecule has 26 heavy (non-hydrogen) atoms. The van der Waals surface area contributed by atoms with Gasteiger partial charge in [0.25, 0.3) is 0 Å². The fourth-order valence-corrected chi connectivity index (χ4v) is 3.30. The second-order valence-corrected chi connectivity index (χ2v) is 6.81. The molecule has 1 aliphatic rings. The number of rotatable bonds is 4. The lowest BCUT2D eigenvalue weighted by Crippen LogP contribution is -2.14. The molecule has 0 saturated carbocycles. The van der Waals surface area contributed by atoms with E-state index >= 15 is 0 Å². The number of amides is 1. The highest BCUT2D eigenvalue weighted by atomic mass is 16.1. The third kappa shape index (κ3) is 3.67. The first-order chi connectivity index (χ1) is 12.7. The van der Waals surface area contributed by atoms with Crippen LogP contribution in [0.25, 0.3) is 11.3 Å². The quantitative estimate of drug-likeness (QED) is 0.782. The summed E-state index contributed by atoms with van der Waals surface area (Å²) in [6, 6.07) is 11.7. The molecular weight excluding hydrogens is 324 g/mol. The van der Waals surface area contributed by atoms with Crippen molar-refractivity contribution < 1.29 is 4.79 Å². The first-order valence-corrected chi connectivity index (χ1v) is 9.05. The molecular formula is C21H22N4O. The number of anilines is 1. The second-order valence-electron chi connectivity index (χ2n) is 6.81. The largest absolute Gasteiger partial charge is 0.334 e. The van der Waals surface area contributed by atoms with E-state index in [1.165, 1.54) is 12.8 Å². The number of hydrogen-bond donors (Lipinski definition) is 1. The lowest BCUT2D eigenvalue weighted by atomic mass is 10.1. The van der Waals surface area contributed by atoms with E-state index in [1.807, 2.05) is 43.3 Å². The summed E-state index contributed by atoms with van der Waals surface area (Å²) in [6.45, 7) is 2.98. The Balaban J connectivity index is 1.48. The number of carbonyl (C=O) groups is 1. The Labute approximate surface area is 153 Å². The van der Waals surface area contributed by atoms with Crippen molar-refractivity contribution in [2.75, 3.05) is 5.32 Å². The number of aromatic nitrogens is 3. The molecule has 1 N–H and O–H groups in total. The van der Waals surface area contributed by atoms with Gasteiger partial charge in [-0.2, -0.15) is 0 Å². The zero-order valence-corrected chi connectivity index (χ0v) is 14.9. The lowest BCUT2D eigenvalue weighted by Gasteiger charge is -2.11. The fraction of sp³-hybridized carbons (Fsp3) is 0.286. The normalized spacial score (nSPS) is 13.3. The predicted octanol–water partition coefficient (Wildman–Crippen LogP) is 3.77. The summed E-state index contributed by atoms with van der Waals surface area (Å²) in [5.74, 6) is 1.12. The Bertz CT molecular complexity index is 904. The smallest absolute Gasteiger partial charge is 0.228 e. The molecule has 0 spiro atoms. The van der Waals surface area contributed by atoms with E-state index in [-0.39, 0.29) is 5.91 Å². The average molecular weight is 346 g/mol. The van der Waals surface area contributed by atoms with Crippen molar-refractivity contribution in [1.29, 1.82) is 0 Å². The SMILES string of the molecule is Cc1ccc(CC(=O)Nc2cccc(-c3cn4c(n3)CCCC4)c2)cn1. The summed E-state index contributed by atoms with van der Waals surface area (Å²) in [4.78, 5) is 21.3. The van der Waals surface area contributed by atoms with Crippen LogP contribution in [-0.4, -0.2) is 20.4 Å². The van der Waals surface area contributed by atoms with Gasteiger partial charge in [0, 0.05) is 42.3 Å². The minimum atomic E-state index is -0.0445. The molecule has 3 aromatic rings. The molecule has 1 aromatic carbocycles. The number of aryl methyl sites for hydroxylation is 3. The number of fused-ring (bicyclic) bond motifs is 1. The maximum Gasteiger partial charge on any atom is 0.228 e. The molecule has 132 valence electrons. The summed E-state index contributed by atoms with van der Waals surface area (Å²) in [5, 5.41) is 2.98. The molecule has 5 heteroatoms. The van der Waals surface area contributed by atoms with Crippen molar-refractivity contribution in [3.8, 4) is 11.3 Å². The molecule has 1 amide bonds. The number of nitrogens with zero attached hydrogens (tertiary/aromatic N) is 3. The molecule has 0 bridgehead atoms. The zero-order valence-electron chi connectivity index (χ0n) is 14.9. The maximum atomic E-state index is 12.3. The maximum absolute atomic E-state index is 12.3. The van der Waals surface area contributed by atoms with Crippen LogP contribution in [0.5, 0.6) is 0 Å². The molecule has 2 aromatic heterocycles. The van der Waals surface area contributed by atoms with E-state index in [9.17, 15) is 4.79 Å². The molecule has 0 unspecified atom stereocenters. The van der Waals surface area contributed by atoms with Gasteiger partial charge in [0.05, 0.1) is 12.1 Å². The van der Waals surface area contributed by atoms with Crippen molar-refractivity contribution in [2.24, 2.45) is 0 Å². The van der Waals surface area contributed by atoms with Crippen molar-refractivity contribution in [3.63, 3.8) is 0 Å². The number of imidazole rings is 1. The highest BCUT2D eigenvalue weighted by Gasteiger charge is 2.13. The topological polar surface area (TPSA) is 59.8 Å². The first kappa shape index (κ1) is 16.5. The van der Waals surface area contributed by atoms with Gasteiger partial charge in [-0.25, -0.2) is 4.98 Å². The van der Waals surface area contributed by atoms with Crippen LogP contribution in [0.2, 0.25) is 0 Å². The standard InChI is InChI=1S/C21H22N4O/c1-15-8-9-16(13-22-15)11-21(26)23-18-6-4-5-17(12-18)19-14-25-10-3-2-7-20(25)24-19/h4-6,8-9,12-14H,2-3,7,10-11H2,1H3,(H,23,26). The Morgan fingerprint density at radius 2 is 2.15 bits per heavy atom.